The number of hydrogen-bond donors (Lipinski definition) is 0. The van der Waals surface area contributed by atoms with Crippen LogP contribution in [0.4, 0.5) is 0 Å². The molecule has 0 amide bonds. The molecule has 2 aromatic heterocycles. The Labute approximate surface area is 105 Å². The van der Waals surface area contributed by atoms with Gasteiger partial charge in [0.15, 0.2) is 0 Å². The topological polar surface area (TPSA) is 39.9 Å². The Morgan fingerprint density at radius 1 is 1.11 bits per heavy atom. The predicted octanol–water partition coefficient (Wildman–Crippen LogP) is 2.57. The molecule has 18 heavy (non-hydrogen) atoms. The maximum absolute atomic E-state index is 5.18. The van der Waals surface area contributed by atoms with E-state index in [1.54, 1.807) is 19.5 Å². The molecule has 0 saturated heterocycles. The summed E-state index contributed by atoms with van der Waals surface area (Å²) in [4.78, 5) is 4.36. The van der Waals surface area contributed by atoms with Gasteiger partial charge in [0, 0.05) is 24.9 Å². The monoisotopic (exact) mass is 239 g/mol. The molecule has 0 unspecified atom stereocenters. The highest BCUT2D eigenvalue weighted by molar-refractivity contribution is 5.86. The highest BCUT2D eigenvalue weighted by atomic mass is 16.5. The number of hydrogen-bond acceptors (Lipinski definition) is 3. The van der Waals surface area contributed by atoms with Gasteiger partial charge in [-0.3, -0.25) is 4.98 Å². The number of methoxy groups -OCH3 is 1. The van der Waals surface area contributed by atoms with Gasteiger partial charge in [-0.15, -0.1) is 0 Å². The average molecular weight is 239 g/mol. The molecule has 0 N–H and O–H groups in total. The highest BCUT2D eigenvalue weighted by Crippen LogP contribution is 2.21. The molecule has 3 rings (SSSR count). The third kappa shape index (κ3) is 1.76. The summed E-state index contributed by atoms with van der Waals surface area (Å²) < 4.78 is 7.08. The van der Waals surface area contributed by atoms with Crippen molar-refractivity contribution in [1.82, 2.24) is 14.8 Å². The lowest BCUT2D eigenvalue weighted by molar-refractivity contribution is 0.179. The summed E-state index contributed by atoms with van der Waals surface area (Å²) in [6.07, 6.45) is 3.58. The molecule has 0 aliphatic carbocycles. The van der Waals surface area contributed by atoms with Crippen LogP contribution in [-0.4, -0.2) is 21.9 Å². The van der Waals surface area contributed by atoms with Crippen LogP contribution in [0.2, 0.25) is 0 Å². The molecule has 0 radical (unpaired) electrons. The van der Waals surface area contributed by atoms with E-state index in [-0.39, 0.29) is 0 Å². The van der Waals surface area contributed by atoms with Gasteiger partial charge < -0.3 is 4.74 Å². The van der Waals surface area contributed by atoms with Gasteiger partial charge in [-0.1, -0.05) is 6.07 Å². The summed E-state index contributed by atoms with van der Waals surface area (Å²) >= 11 is 0. The van der Waals surface area contributed by atoms with Gasteiger partial charge in [-0.25, -0.2) is 4.68 Å². The van der Waals surface area contributed by atoms with Gasteiger partial charge in [-0.2, -0.15) is 5.10 Å². The van der Waals surface area contributed by atoms with E-state index in [1.807, 2.05) is 35.0 Å². The Hall–Kier alpha value is -2.20. The summed E-state index contributed by atoms with van der Waals surface area (Å²) in [5.41, 5.74) is 3.01. The molecular weight excluding hydrogens is 226 g/mol. The SMILES string of the molecule is COCc1ccnn1-c1cccc2ncccc12. The second-order valence-electron chi connectivity index (χ2n) is 4.01. The van der Waals surface area contributed by atoms with Crippen LogP contribution in [0.1, 0.15) is 5.69 Å². The fourth-order valence-corrected chi connectivity index (χ4v) is 2.08. The molecular formula is C14H13N3O. The smallest absolute Gasteiger partial charge is 0.0885 e. The lowest BCUT2D eigenvalue weighted by atomic mass is 10.2. The molecule has 3 aromatic rings. The minimum Gasteiger partial charge on any atom is -0.378 e. The number of pyridine rings is 1. The summed E-state index contributed by atoms with van der Waals surface area (Å²) in [5.74, 6) is 0. The number of fused-ring (bicyclic) bond motifs is 1. The fourth-order valence-electron chi connectivity index (χ4n) is 2.08. The van der Waals surface area contributed by atoms with Crippen LogP contribution in [-0.2, 0) is 11.3 Å². The largest absolute Gasteiger partial charge is 0.378 e. The van der Waals surface area contributed by atoms with Crippen molar-refractivity contribution in [2.75, 3.05) is 7.11 Å². The molecule has 0 aliphatic heterocycles. The van der Waals surface area contributed by atoms with Crippen LogP contribution in [0.5, 0.6) is 0 Å². The quantitative estimate of drug-likeness (QED) is 0.705. The second kappa shape index (κ2) is 4.58. The maximum Gasteiger partial charge on any atom is 0.0885 e. The summed E-state index contributed by atoms with van der Waals surface area (Å²) in [5, 5.41) is 5.45. The Bertz CT molecular complexity index is 670. The molecule has 1 aromatic carbocycles. The van der Waals surface area contributed by atoms with Crippen molar-refractivity contribution in [3.63, 3.8) is 0 Å². The van der Waals surface area contributed by atoms with Gasteiger partial charge in [0.2, 0.25) is 0 Å². The summed E-state index contributed by atoms with van der Waals surface area (Å²) in [7, 11) is 1.68. The standard InChI is InChI=1S/C14H13N3O/c1-18-10-11-7-9-16-17(11)14-6-2-5-13-12(14)4-3-8-15-13/h2-9H,10H2,1H3. The molecule has 2 heterocycles. The third-order valence-corrected chi connectivity index (χ3v) is 2.86. The Kier molecular flexibility index (Phi) is 2.78. The van der Waals surface area contributed by atoms with Crippen LogP contribution in [0.3, 0.4) is 0 Å². The van der Waals surface area contributed by atoms with Gasteiger partial charge >= 0.3 is 0 Å². The number of rotatable bonds is 3. The first-order chi connectivity index (χ1) is 8.90. The van der Waals surface area contributed by atoms with Crippen molar-refractivity contribution >= 4 is 10.9 Å². The first-order valence-corrected chi connectivity index (χ1v) is 5.76. The summed E-state index contributed by atoms with van der Waals surface area (Å²) in [6, 6.07) is 12.0. The van der Waals surface area contributed by atoms with Gasteiger partial charge in [0.25, 0.3) is 0 Å². The van der Waals surface area contributed by atoms with E-state index < -0.39 is 0 Å². The minimum absolute atomic E-state index is 0.538. The highest BCUT2D eigenvalue weighted by Gasteiger charge is 2.08. The van der Waals surface area contributed by atoms with Crippen molar-refractivity contribution in [2.45, 2.75) is 6.61 Å². The molecule has 0 aliphatic rings. The van der Waals surface area contributed by atoms with E-state index in [9.17, 15) is 0 Å². The fraction of sp³-hybridized carbons (Fsp3) is 0.143. The molecule has 0 spiro atoms. The van der Waals surface area contributed by atoms with E-state index in [0.717, 1.165) is 22.3 Å². The van der Waals surface area contributed by atoms with E-state index in [0.29, 0.717) is 6.61 Å². The predicted molar refractivity (Wildman–Crippen MR) is 69.6 cm³/mol. The van der Waals surface area contributed by atoms with E-state index >= 15 is 0 Å². The molecule has 0 bridgehead atoms. The van der Waals surface area contributed by atoms with Crippen LogP contribution >= 0.6 is 0 Å². The minimum atomic E-state index is 0.538. The van der Waals surface area contributed by atoms with Crippen molar-refractivity contribution in [3.05, 3.63) is 54.5 Å². The van der Waals surface area contributed by atoms with Gasteiger partial charge in [-0.05, 0) is 30.3 Å². The average Bonchev–Trinajstić information content (AvgIpc) is 2.87. The third-order valence-electron chi connectivity index (χ3n) is 2.86. The van der Waals surface area contributed by atoms with Gasteiger partial charge in [0.05, 0.1) is 23.5 Å². The first-order valence-electron chi connectivity index (χ1n) is 5.76. The number of ether oxygens (including phenoxy) is 1. The molecule has 0 saturated carbocycles. The van der Waals surface area contributed by atoms with Crippen LogP contribution in [0.25, 0.3) is 16.6 Å². The Morgan fingerprint density at radius 3 is 2.94 bits per heavy atom. The zero-order chi connectivity index (χ0) is 12.4. The molecule has 4 heteroatoms. The lowest BCUT2D eigenvalue weighted by Gasteiger charge is -2.09. The number of benzene rings is 1. The second-order valence-corrected chi connectivity index (χ2v) is 4.01. The van der Waals surface area contributed by atoms with Crippen LogP contribution in [0, 0.1) is 0 Å². The van der Waals surface area contributed by atoms with Crippen LogP contribution in [0.15, 0.2) is 48.8 Å². The normalized spacial score (nSPS) is 10.9. The van der Waals surface area contributed by atoms with E-state index in [1.165, 1.54) is 0 Å². The first kappa shape index (κ1) is 10.9. The number of aromatic nitrogens is 3. The van der Waals surface area contributed by atoms with E-state index in [4.69, 9.17) is 4.74 Å². The number of nitrogens with zero attached hydrogens (tertiary/aromatic N) is 3. The van der Waals surface area contributed by atoms with Crippen LogP contribution < -0.4 is 0 Å². The zero-order valence-corrected chi connectivity index (χ0v) is 10.1. The van der Waals surface area contributed by atoms with Crippen molar-refractivity contribution < 1.29 is 4.74 Å². The molecule has 0 fully saturated rings. The van der Waals surface area contributed by atoms with Gasteiger partial charge in [0.1, 0.15) is 0 Å². The zero-order valence-electron chi connectivity index (χ0n) is 10.1. The Morgan fingerprint density at radius 2 is 2.06 bits per heavy atom. The molecule has 0 atom stereocenters. The molecule has 90 valence electrons. The maximum atomic E-state index is 5.18. The lowest BCUT2D eigenvalue weighted by Crippen LogP contribution is -2.03. The van der Waals surface area contributed by atoms with Crippen molar-refractivity contribution in [2.24, 2.45) is 0 Å². The summed E-state index contributed by atoms with van der Waals surface area (Å²) in [6.45, 7) is 0.538. The van der Waals surface area contributed by atoms with E-state index in [2.05, 4.69) is 16.1 Å². The van der Waals surface area contributed by atoms with Crippen molar-refractivity contribution in [3.8, 4) is 5.69 Å². The Balaban J connectivity index is 2.22. The van der Waals surface area contributed by atoms with Crippen molar-refractivity contribution in [1.29, 1.82) is 0 Å². The molecule has 4 nitrogen and oxygen atoms in total.